The van der Waals surface area contributed by atoms with Gasteiger partial charge in [0, 0.05) is 12.6 Å². The molecule has 0 radical (unpaired) electrons. The molecule has 0 saturated carbocycles. The number of hydrogen-bond acceptors (Lipinski definition) is 10. The van der Waals surface area contributed by atoms with E-state index in [1.54, 1.807) is 0 Å². The largest absolute Gasteiger partial charge is 0.481 e. The van der Waals surface area contributed by atoms with Crippen molar-refractivity contribution < 1.29 is 33.9 Å². The zero-order valence-electron chi connectivity index (χ0n) is 20.4. The minimum absolute atomic E-state index is 0.0337. The Bertz CT molecular complexity index is 953. The van der Waals surface area contributed by atoms with Gasteiger partial charge in [-0.25, -0.2) is 16.3 Å². The van der Waals surface area contributed by atoms with Crippen molar-refractivity contribution in [2.75, 3.05) is 13.1 Å². The molecule has 8 N–H and O–H groups in total. The molecule has 15 heteroatoms. The van der Waals surface area contributed by atoms with Crippen molar-refractivity contribution in [2.24, 2.45) is 16.5 Å². The number of guanidine groups is 1. The van der Waals surface area contributed by atoms with E-state index in [2.05, 4.69) is 21.3 Å². The number of carboxylic acids is 1. The molecule has 0 aromatic heterocycles. The normalized spacial score (nSPS) is 29.1. The Hall–Kier alpha value is -3.43. The molecule has 2 amide bonds. The molecule has 37 heavy (non-hydrogen) atoms. The first-order valence-corrected chi connectivity index (χ1v) is 12.3. The van der Waals surface area contributed by atoms with E-state index in [-0.39, 0.29) is 37.3 Å². The third kappa shape index (κ3) is 6.87. The number of nitrogens with two attached hydrogens (primary N) is 2. The fraction of sp³-hybridized carbons (Fsp3) is 0.682. The molecule has 3 rings (SSSR count). The second-order valence-corrected chi connectivity index (χ2v) is 9.39. The molecule has 5 atom stereocenters. The molecule has 3 aliphatic rings. The molecule has 3 aliphatic heterocycles. The van der Waals surface area contributed by atoms with Crippen molar-refractivity contribution in [3.05, 3.63) is 0 Å². The Morgan fingerprint density at radius 2 is 1.78 bits per heavy atom. The molecular formula is C22H34N8O7. The van der Waals surface area contributed by atoms with Gasteiger partial charge in [-0.2, -0.15) is 0 Å². The number of rotatable bonds is 8. The molecule has 0 spiro atoms. The van der Waals surface area contributed by atoms with E-state index in [4.69, 9.17) is 11.5 Å². The maximum Gasteiger partial charge on any atom is 0.305 e. The number of aliphatic imine (C=N–C) groups is 1. The highest BCUT2D eigenvalue weighted by Gasteiger charge is 2.47. The van der Waals surface area contributed by atoms with Crippen molar-refractivity contribution in [3.63, 3.8) is 0 Å². The lowest BCUT2D eigenvalue weighted by Crippen LogP contribution is -2.61. The molecule has 3 heterocycles. The third-order valence-electron chi connectivity index (χ3n) is 6.84. The molecular weight excluding hydrogens is 488 g/mol. The van der Waals surface area contributed by atoms with Crippen LogP contribution in [0.4, 0.5) is 0 Å². The number of hydrogen-bond donors (Lipinski definition) is 6. The standard InChI is InChI=1S/C22H34N8O7/c23-22(24)25-8-2-5-13-18(34)19(35)16-7-6-12-3-1-4-14(21(37)30(12)16)26-27-15(11-17(32)33)20(36)29(28-13)9-10-31/h10,12-16,26-28H,1-9,11H2,(H,32,33)(H4,23,24,25)/t12-,13+,14-,15+,16+/m1/s1. The number of carbonyl (C=O) groups is 6. The van der Waals surface area contributed by atoms with E-state index >= 15 is 0 Å². The molecule has 0 aromatic rings. The van der Waals surface area contributed by atoms with Crippen LogP contribution < -0.4 is 27.7 Å². The summed E-state index contributed by atoms with van der Waals surface area (Å²) in [6.07, 6.45) is 2.66. The van der Waals surface area contributed by atoms with Crippen LogP contribution in [0.25, 0.3) is 0 Å². The lowest BCUT2D eigenvalue weighted by atomic mass is 9.97. The summed E-state index contributed by atoms with van der Waals surface area (Å²) in [4.78, 5) is 81.8. The van der Waals surface area contributed by atoms with Crippen LogP contribution in [0.5, 0.6) is 0 Å². The molecule has 2 bridgehead atoms. The van der Waals surface area contributed by atoms with Crippen LogP contribution in [0, 0.1) is 0 Å². The summed E-state index contributed by atoms with van der Waals surface area (Å²) < 4.78 is 0. The fourth-order valence-electron chi connectivity index (χ4n) is 5.08. The van der Waals surface area contributed by atoms with Gasteiger partial charge in [0.2, 0.25) is 17.5 Å². The number of carboxylic acid groups (broad SMARTS) is 1. The first-order valence-electron chi connectivity index (χ1n) is 12.3. The van der Waals surface area contributed by atoms with Crippen LogP contribution in [-0.2, 0) is 28.8 Å². The summed E-state index contributed by atoms with van der Waals surface area (Å²) in [7, 11) is 0. The summed E-state index contributed by atoms with van der Waals surface area (Å²) in [5.74, 6) is -4.29. The van der Waals surface area contributed by atoms with Gasteiger partial charge in [-0.05, 0) is 44.9 Å². The van der Waals surface area contributed by atoms with Gasteiger partial charge in [0.25, 0.3) is 5.91 Å². The highest BCUT2D eigenvalue weighted by atomic mass is 16.4. The van der Waals surface area contributed by atoms with Gasteiger partial charge < -0.3 is 26.3 Å². The van der Waals surface area contributed by atoms with E-state index < -0.39 is 60.6 Å². The number of hydrazine groups is 2. The highest BCUT2D eigenvalue weighted by Crippen LogP contribution is 2.32. The van der Waals surface area contributed by atoms with Gasteiger partial charge in [-0.3, -0.25) is 34.0 Å². The third-order valence-corrected chi connectivity index (χ3v) is 6.84. The topological polar surface area (TPSA) is 230 Å². The lowest BCUT2D eigenvalue weighted by Gasteiger charge is -2.31. The van der Waals surface area contributed by atoms with E-state index in [1.165, 1.54) is 4.90 Å². The summed E-state index contributed by atoms with van der Waals surface area (Å²) >= 11 is 0. The number of aliphatic carboxylic acids is 1. The SMILES string of the molecule is NC(N)=NCCC[C@@H]1NN(CC=O)C(=O)[C@H](CC(=O)O)NN[C@@H]2CCC[C@@H]3CC[C@@H](C(=O)C1=O)N3C2=O. The van der Waals surface area contributed by atoms with Gasteiger partial charge in [0.1, 0.15) is 18.4 Å². The summed E-state index contributed by atoms with van der Waals surface area (Å²) in [5.41, 5.74) is 18.8. The lowest BCUT2D eigenvalue weighted by molar-refractivity contribution is -0.148. The molecule has 204 valence electrons. The smallest absolute Gasteiger partial charge is 0.305 e. The maximum absolute atomic E-state index is 13.4. The predicted molar refractivity (Wildman–Crippen MR) is 128 cm³/mol. The van der Waals surface area contributed by atoms with Crippen molar-refractivity contribution in [2.45, 2.75) is 81.6 Å². The molecule has 0 unspecified atom stereocenters. The Labute approximate surface area is 213 Å². The quantitative estimate of drug-likeness (QED) is 0.0613. The summed E-state index contributed by atoms with van der Waals surface area (Å²) in [5, 5.41) is 10.2. The molecule has 0 aliphatic carbocycles. The number of carbonyl (C=O) groups excluding carboxylic acids is 5. The number of ketones is 2. The van der Waals surface area contributed by atoms with Gasteiger partial charge in [0.05, 0.1) is 25.0 Å². The number of nitrogens with zero attached hydrogens (tertiary/aromatic N) is 3. The van der Waals surface area contributed by atoms with Crippen LogP contribution in [0.2, 0.25) is 0 Å². The molecule has 15 nitrogen and oxygen atoms in total. The first kappa shape index (κ1) is 28.1. The average molecular weight is 523 g/mol. The zero-order chi connectivity index (χ0) is 27.1. The average Bonchev–Trinajstić information content (AvgIpc) is 3.20. The van der Waals surface area contributed by atoms with Crippen LogP contribution in [0.15, 0.2) is 4.99 Å². The molecule has 0 aromatic carbocycles. The Morgan fingerprint density at radius 1 is 1.03 bits per heavy atom. The number of fused-ring (bicyclic) bond motifs is 1. The highest BCUT2D eigenvalue weighted by molar-refractivity contribution is 6.41. The Balaban J connectivity index is 1.99. The second kappa shape index (κ2) is 12.7. The van der Waals surface area contributed by atoms with Gasteiger partial charge in [-0.1, -0.05) is 0 Å². The number of Topliss-reactive ketones (excluding diaryl/α,β-unsaturated/α-hetero) is 2. The summed E-state index contributed by atoms with van der Waals surface area (Å²) in [6.45, 7) is -0.364. The van der Waals surface area contributed by atoms with Crippen LogP contribution in [-0.4, -0.2) is 99.9 Å². The van der Waals surface area contributed by atoms with Crippen molar-refractivity contribution in [1.82, 2.24) is 26.2 Å². The Morgan fingerprint density at radius 3 is 2.46 bits per heavy atom. The first-order chi connectivity index (χ1) is 17.6. The predicted octanol–water partition coefficient (Wildman–Crippen LogP) is -3.06. The van der Waals surface area contributed by atoms with E-state index in [0.29, 0.717) is 38.4 Å². The number of amides is 2. The van der Waals surface area contributed by atoms with Crippen molar-refractivity contribution >= 4 is 41.6 Å². The molecule has 3 fully saturated rings. The maximum atomic E-state index is 13.4. The van der Waals surface area contributed by atoms with E-state index in [1.807, 2.05) is 0 Å². The van der Waals surface area contributed by atoms with Gasteiger partial charge in [0.15, 0.2) is 5.96 Å². The fourth-order valence-corrected chi connectivity index (χ4v) is 5.08. The monoisotopic (exact) mass is 522 g/mol. The number of nitrogens with one attached hydrogen (secondary N) is 3. The van der Waals surface area contributed by atoms with E-state index in [0.717, 1.165) is 5.01 Å². The van der Waals surface area contributed by atoms with Gasteiger partial charge >= 0.3 is 5.97 Å². The van der Waals surface area contributed by atoms with Crippen LogP contribution in [0.1, 0.15) is 51.4 Å². The van der Waals surface area contributed by atoms with Crippen molar-refractivity contribution in [3.8, 4) is 0 Å². The van der Waals surface area contributed by atoms with Crippen molar-refractivity contribution in [1.29, 1.82) is 0 Å². The minimum atomic E-state index is -1.37. The Kier molecular flexibility index (Phi) is 9.66. The second-order valence-electron chi connectivity index (χ2n) is 9.39. The minimum Gasteiger partial charge on any atom is -0.481 e. The van der Waals surface area contributed by atoms with Gasteiger partial charge in [-0.15, -0.1) is 0 Å². The number of aldehydes is 1. The summed E-state index contributed by atoms with van der Waals surface area (Å²) in [6, 6.07) is -4.58. The van der Waals surface area contributed by atoms with Crippen LogP contribution in [0.3, 0.4) is 0 Å². The van der Waals surface area contributed by atoms with E-state index in [9.17, 15) is 33.9 Å². The van der Waals surface area contributed by atoms with Crippen LogP contribution >= 0.6 is 0 Å². The molecule has 3 saturated heterocycles. The zero-order valence-corrected chi connectivity index (χ0v) is 20.4.